The number of nitrogens with one attached hydrogen (secondary N) is 1. The molecule has 1 rings (SSSR count). The number of nitrogens with two attached hydrogens (primary N) is 1. The van der Waals surface area contributed by atoms with E-state index in [0.717, 1.165) is 18.2 Å². The third-order valence-corrected chi connectivity index (χ3v) is 2.21. The van der Waals surface area contributed by atoms with Crippen LogP contribution in [0.3, 0.4) is 0 Å². The second kappa shape index (κ2) is 5.97. The predicted molar refractivity (Wildman–Crippen MR) is 67.5 cm³/mol. The molecule has 0 radical (unpaired) electrons. The first kappa shape index (κ1) is 15.4. The molecule has 0 heterocycles. The van der Waals surface area contributed by atoms with Crippen LogP contribution in [0.5, 0.6) is 0 Å². The van der Waals surface area contributed by atoms with Crippen LogP contribution in [0.2, 0.25) is 0 Å². The summed E-state index contributed by atoms with van der Waals surface area (Å²) in [6, 6.07) is 2.29. The summed E-state index contributed by atoms with van der Waals surface area (Å²) in [5.41, 5.74) is 5.10. The lowest BCUT2D eigenvalue weighted by Gasteiger charge is -2.23. The number of amides is 1. The van der Waals surface area contributed by atoms with E-state index in [9.17, 15) is 13.6 Å². The lowest BCUT2D eigenvalue weighted by molar-refractivity contribution is 0.0505. The first-order valence-electron chi connectivity index (χ1n) is 5.87. The highest BCUT2D eigenvalue weighted by Crippen LogP contribution is 2.16. The first-order valence-corrected chi connectivity index (χ1v) is 5.87. The van der Waals surface area contributed by atoms with E-state index >= 15 is 0 Å². The number of ether oxygens (including phenoxy) is 1. The van der Waals surface area contributed by atoms with E-state index in [4.69, 9.17) is 10.5 Å². The molecule has 0 spiro atoms. The summed E-state index contributed by atoms with van der Waals surface area (Å²) in [7, 11) is 0. The largest absolute Gasteiger partial charge is 0.444 e. The molecule has 19 heavy (non-hydrogen) atoms. The van der Waals surface area contributed by atoms with Crippen molar-refractivity contribution in [2.24, 2.45) is 5.73 Å². The fourth-order valence-corrected chi connectivity index (χ4v) is 1.50. The number of carbonyl (C=O) groups excluding carboxylic acids is 1. The van der Waals surface area contributed by atoms with Crippen molar-refractivity contribution < 1.29 is 18.3 Å². The summed E-state index contributed by atoms with van der Waals surface area (Å²) in [6.45, 7) is 5.14. The smallest absolute Gasteiger partial charge is 0.408 e. The van der Waals surface area contributed by atoms with E-state index in [1.807, 2.05) is 0 Å². The van der Waals surface area contributed by atoms with Crippen LogP contribution in [0.25, 0.3) is 0 Å². The number of hydrogen-bond acceptors (Lipinski definition) is 3. The van der Waals surface area contributed by atoms with Gasteiger partial charge in [0, 0.05) is 12.6 Å². The Hall–Kier alpha value is -1.69. The molecule has 0 bridgehead atoms. The Morgan fingerprint density at radius 3 is 2.26 bits per heavy atom. The van der Waals surface area contributed by atoms with E-state index in [1.54, 1.807) is 20.8 Å². The Bertz CT molecular complexity index is 438. The van der Waals surface area contributed by atoms with E-state index in [1.165, 1.54) is 0 Å². The first-order chi connectivity index (χ1) is 8.71. The molecular weight excluding hydrogens is 254 g/mol. The number of benzene rings is 1. The van der Waals surface area contributed by atoms with Gasteiger partial charge in [0.1, 0.15) is 17.2 Å². The summed E-state index contributed by atoms with van der Waals surface area (Å²) in [5.74, 6) is -1.45. The van der Waals surface area contributed by atoms with Crippen molar-refractivity contribution in [2.45, 2.75) is 32.4 Å². The Balaban J connectivity index is 2.81. The number of rotatable bonds is 3. The van der Waals surface area contributed by atoms with Gasteiger partial charge in [-0.15, -0.1) is 0 Å². The highest BCUT2D eigenvalue weighted by molar-refractivity contribution is 5.68. The molecule has 6 heteroatoms. The fraction of sp³-hybridized carbons (Fsp3) is 0.462. The molecule has 0 fully saturated rings. The van der Waals surface area contributed by atoms with Gasteiger partial charge < -0.3 is 15.8 Å². The molecule has 0 aromatic heterocycles. The lowest BCUT2D eigenvalue weighted by Crippen LogP contribution is -2.37. The highest BCUT2D eigenvalue weighted by atomic mass is 19.1. The van der Waals surface area contributed by atoms with Crippen molar-refractivity contribution in [2.75, 3.05) is 6.54 Å². The molecule has 0 saturated heterocycles. The van der Waals surface area contributed by atoms with Crippen molar-refractivity contribution in [3.63, 3.8) is 0 Å². The van der Waals surface area contributed by atoms with Crippen LogP contribution in [0.15, 0.2) is 18.2 Å². The predicted octanol–water partition coefficient (Wildman–Crippen LogP) is 2.49. The monoisotopic (exact) mass is 272 g/mol. The molecule has 0 aliphatic rings. The highest BCUT2D eigenvalue weighted by Gasteiger charge is 2.20. The van der Waals surface area contributed by atoms with Crippen molar-refractivity contribution in [1.29, 1.82) is 0 Å². The molecule has 1 atom stereocenters. The molecule has 3 N–H and O–H groups in total. The number of hydrogen-bond donors (Lipinski definition) is 2. The molecule has 106 valence electrons. The standard InChI is InChI=1S/C13H18F2N2O2/c1-13(2,3)19-12(18)17-11(7-16)8-4-9(14)6-10(15)5-8/h4-6,11H,7,16H2,1-3H3,(H,17,18). The zero-order chi connectivity index (χ0) is 14.6. The number of carbonyl (C=O) groups is 1. The molecule has 0 aliphatic carbocycles. The van der Waals surface area contributed by atoms with Crippen LogP contribution in [-0.4, -0.2) is 18.2 Å². The maximum absolute atomic E-state index is 13.1. The summed E-state index contributed by atoms with van der Waals surface area (Å²) in [6.07, 6.45) is -0.687. The molecule has 1 unspecified atom stereocenters. The van der Waals surface area contributed by atoms with Crippen LogP contribution in [0.1, 0.15) is 32.4 Å². The average Bonchev–Trinajstić information content (AvgIpc) is 2.21. The van der Waals surface area contributed by atoms with Gasteiger partial charge in [0.05, 0.1) is 6.04 Å². The van der Waals surface area contributed by atoms with Crippen LogP contribution in [0, 0.1) is 11.6 Å². The summed E-state index contributed by atoms with van der Waals surface area (Å²) >= 11 is 0. The van der Waals surface area contributed by atoms with Gasteiger partial charge >= 0.3 is 6.09 Å². The van der Waals surface area contributed by atoms with Crippen molar-refractivity contribution in [3.8, 4) is 0 Å². The molecular formula is C13H18F2N2O2. The normalized spacial score (nSPS) is 12.9. The molecule has 0 aliphatic heterocycles. The molecule has 1 aromatic carbocycles. The Labute approximate surface area is 110 Å². The molecule has 4 nitrogen and oxygen atoms in total. The van der Waals surface area contributed by atoms with Gasteiger partial charge in [0.15, 0.2) is 0 Å². The van der Waals surface area contributed by atoms with Crippen molar-refractivity contribution >= 4 is 6.09 Å². The van der Waals surface area contributed by atoms with Gasteiger partial charge in [-0.1, -0.05) is 0 Å². The second-order valence-electron chi connectivity index (χ2n) is 5.14. The topological polar surface area (TPSA) is 64.3 Å². The maximum atomic E-state index is 13.1. The third-order valence-electron chi connectivity index (χ3n) is 2.21. The Morgan fingerprint density at radius 1 is 1.32 bits per heavy atom. The van der Waals surface area contributed by atoms with E-state index in [0.29, 0.717) is 0 Å². The van der Waals surface area contributed by atoms with Gasteiger partial charge in [0.25, 0.3) is 0 Å². The van der Waals surface area contributed by atoms with Crippen LogP contribution >= 0.6 is 0 Å². The van der Waals surface area contributed by atoms with Crippen molar-refractivity contribution in [1.82, 2.24) is 5.32 Å². The lowest BCUT2D eigenvalue weighted by atomic mass is 10.1. The van der Waals surface area contributed by atoms with Gasteiger partial charge in [0.2, 0.25) is 0 Å². The Morgan fingerprint density at radius 2 is 1.84 bits per heavy atom. The zero-order valence-corrected chi connectivity index (χ0v) is 11.2. The molecule has 1 aromatic rings. The number of alkyl carbamates (subject to hydrolysis) is 1. The van der Waals surface area contributed by atoms with Crippen LogP contribution < -0.4 is 11.1 Å². The Kier molecular flexibility index (Phi) is 4.83. The summed E-state index contributed by atoms with van der Waals surface area (Å²) in [5, 5.41) is 2.47. The fourth-order valence-electron chi connectivity index (χ4n) is 1.50. The van der Waals surface area contributed by atoms with Gasteiger partial charge in [-0.2, -0.15) is 0 Å². The summed E-state index contributed by atoms with van der Waals surface area (Å²) < 4.78 is 31.3. The third kappa shape index (κ3) is 5.21. The SMILES string of the molecule is CC(C)(C)OC(=O)NC(CN)c1cc(F)cc(F)c1. The van der Waals surface area contributed by atoms with E-state index < -0.39 is 29.4 Å². The van der Waals surface area contributed by atoms with E-state index in [2.05, 4.69) is 5.32 Å². The van der Waals surface area contributed by atoms with Crippen LogP contribution in [-0.2, 0) is 4.74 Å². The second-order valence-corrected chi connectivity index (χ2v) is 5.14. The number of halogens is 2. The van der Waals surface area contributed by atoms with Crippen LogP contribution in [0.4, 0.5) is 13.6 Å². The molecule has 0 saturated carbocycles. The minimum absolute atomic E-state index is 0.00212. The van der Waals surface area contributed by atoms with Gasteiger partial charge in [-0.3, -0.25) is 0 Å². The quantitative estimate of drug-likeness (QED) is 0.888. The minimum Gasteiger partial charge on any atom is -0.444 e. The molecule has 1 amide bonds. The van der Waals surface area contributed by atoms with Crippen molar-refractivity contribution in [3.05, 3.63) is 35.4 Å². The van der Waals surface area contributed by atoms with E-state index in [-0.39, 0.29) is 12.1 Å². The average molecular weight is 272 g/mol. The maximum Gasteiger partial charge on any atom is 0.408 e. The zero-order valence-electron chi connectivity index (χ0n) is 11.2. The van der Waals surface area contributed by atoms with Gasteiger partial charge in [-0.25, -0.2) is 13.6 Å². The van der Waals surface area contributed by atoms with Gasteiger partial charge in [-0.05, 0) is 38.5 Å². The minimum atomic E-state index is -0.723. The summed E-state index contributed by atoms with van der Waals surface area (Å²) in [4.78, 5) is 11.6.